The van der Waals surface area contributed by atoms with Crippen LogP contribution in [-0.4, -0.2) is 71.9 Å². The molecule has 3 heterocycles. The van der Waals surface area contributed by atoms with Crippen molar-refractivity contribution in [2.45, 2.75) is 90.6 Å². The van der Waals surface area contributed by atoms with Crippen molar-refractivity contribution in [3.8, 4) is 0 Å². The van der Waals surface area contributed by atoms with Crippen LogP contribution >= 0.6 is 11.3 Å². The molecule has 0 saturated carbocycles. The average Bonchev–Trinajstić information content (AvgIpc) is 3.30. The van der Waals surface area contributed by atoms with Crippen LogP contribution in [0.2, 0.25) is 0 Å². The third-order valence-electron chi connectivity index (χ3n) is 7.15. The molecule has 0 radical (unpaired) electrons. The number of piperidine rings is 1. The van der Waals surface area contributed by atoms with E-state index in [1.54, 1.807) is 11.3 Å². The van der Waals surface area contributed by atoms with E-state index in [1.165, 1.54) is 25.7 Å². The zero-order valence-electron chi connectivity index (χ0n) is 21.1. The van der Waals surface area contributed by atoms with Gasteiger partial charge in [0, 0.05) is 36.3 Å². The van der Waals surface area contributed by atoms with Gasteiger partial charge in [0.25, 0.3) is 5.91 Å². The van der Waals surface area contributed by atoms with Crippen molar-refractivity contribution in [3.05, 3.63) is 16.1 Å². The summed E-state index contributed by atoms with van der Waals surface area (Å²) in [4.78, 5) is 33.1. The lowest BCUT2D eigenvalue weighted by molar-refractivity contribution is -0.127. The quantitative estimate of drug-likeness (QED) is 0.326. The van der Waals surface area contributed by atoms with Crippen LogP contribution in [0, 0.1) is 5.41 Å². The summed E-state index contributed by atoms with van der Waals surface area (Å²) in [7, 11) is 0. The molecule has 2 saturated heterocycles. The molecule has 6 nitrogen and oxygen atoms in total. The number of likely N-dealkylation sites (tertiary alicyclic amines) is 1. The van der Waals surface area contributed by atoms with Crippen molar-refractivity contribution >= 4 is 23.5 Å². The first-order chi connectivity index (χ1) is 15.7. The first kappa shape index (κ1) is 26.3. The fraction of sp³-hybridized carbons (Fsp3) is 0.808. The van der Waals surface area contributed by atoms with Crippen LogP contribution in [0.3, 0.4) is 0 Å². The molecule has 33 heavy (non-hydrogen) atoms. The van der Waals surface area contributed by atoms with E-state index >= 15 is 0 Å². The molecule has 2 aliphatic rings. The molecule has 3 rings (SSSR count). The van der Waals surface area contributed by atoms with Gasteiger partial charge < -0.3 is 19.3 Å². The molecule has 0 aromatic carbocycles. The molecule has 7 heteroatoms. The van der Waals surface area contributed by atoms with E-state index in [2.05, 4.69) is 23.7 Å². The number of ether oxygens (including phenoxy) is 1. The Bertz CT molecular complexity index is 769. The van der Waals surface area contributed by atoms with Gasteiger partial charge in [-0.3, -0.25) is 4.79 Å². The average molecular weight is 478 g/mol. The van der Waals surface area contributed by atoms with Gasteiger partial charge in [-0.2, -0.15) is 0 Å². The highest BCUT2D eigenvalue weighted by atomic mass is 32.1. The smallest absolute Gasteiger partial charge is 0.273 e. The minimum atomic E-state index is -0.188. The van der Waals surface area contributed by atoms with Crippen LogP contribution in [0.25, 0.3) is 0 Å². The number of carbonyl (C=O) groups excluding carboxylic acids is 2. The van der Waals surface area contributed by atoms with Gasteiger partial charge in [0.05, 0.1) is 23.8 Å². The second-order valence-electron chi connectivity index (χ2n) is 10.9. The molecule has 1 spiro atoms. The molecule has 1 aromatic rings. The summed E-state index contributed by atoms with van der Waals surface area (Å²) >= 11 is 1.58. The third kappa shape index (κ3) is 7.59. The summed E-state index contributed by atoms with van der Waals surface area (Å²) in [5.74, 6) is 0.409. The molecule has 0 atom stereocenters. The van der Waals surface area contributed by atoms with E-state index in [0.29, 0.717) is 31.3 Å². The summed E-state index contributed by atoms with van der Waals surface area (Å²) in [6.07, 6.45) is 10.2. The molecular weight excluding hydrogens is 434 g/mol. The third-order valence-corrected chi connectivity index (χ3v) is 8.30. The van der Waals surface area contributed by atoms with Gasteiger partial charge in [-0.05, 0) is 32.2 Å². The maximum absolute atomic E-state index is 13.0. The lowest BCUT2D eigenvalue weighted by atomic mass is 9.88. The molecule has 2 aliphatic heterocycles. The fourth-order valence-corrected chi connectivity index (χ4v) is 5.63. The van der Waals surface area contributed by atoms with Crippen molar-refractivity contribution in [1.29, 1.82) is 0 Å². The lowest BCUT2D eigenvalue weighted by Crippen LogP contribution is -2.58. The zero-order chi connectivity index (χ0) is 23.9. The van der Waals surface area contributed by atoms with Crippen LogP contribution in [0.1, 0.15) is 100 Å². The van der Waals surface area contributed by atoms with E-state index in [0.717, 1.165) is 56.6 Å². The standard InChI is InChI=1S/C26H43N3O3S/c1-21(2)23-27-22(18-33-23)24(31)29-16-17-32-26(19-29)11-14-28(15-12-26)13-9-7-5-6-8-10-25(3,4)20-30/h18,20-21H,5-17,19H2,1-4H3. The molecule has 186 valence electrons. The van der Waals surface area contributed by atoms with Crippen LogP contribution < -0.4 is 0 Å². The van der Waals surface area contributed by atoms with E-state index in [1.807, 2.05) is 24.1 Å². The Hall–Kier alpha value is -1.31. The number of aldehydes is 1. The molecule has 1 amide bonds. The van der Waals surface area contributed by atoms with Gasteiger partial charge in [0.1, 0.15) is 12.0 Å². The van der Waals surface area contributed by atoms with E-state index in [4.69, 9.17) is 4.74 Å². The van der Waals surface area contributed by atoms with E-state index in [9.17, 15) is 9.59 Å². The Morgan fingerprint density at radius 2 is 1.88 bits per heavy atom. The van der Waals surface area contributed by atoms with Gasteiger partial charge in [-0.15, -0.1) is 11.3 Å². The normalized spacial score (nSPS) is 19.4. The number of morpholine rings is 1. The summed E-state index contributed by atoms with van der Waals surface area (Å²) in [5.41, 5.74) is 0.239. The highest BCUT2D eigenvalue weighted by molar-refractivity contribution is 7.09. The van der Waals surface area contributed by atoms with E-state index < -0.39 is 0 Å². The highest BCUT2D eigenvalue weighted by Gasteiger charge is 2.41. The van der Waals surface area contributed by atoms with Crippen molar-refractivity contribution in [2.24, 2.45) is 5.41 Å². The SMILES string of the molecule is CC(C)c1nc(C(=O)N2CCOC3(CCN(CCCCCCCC(C)(C)C=O)CC3)C2)cs1. The zero-order valence-corrected chi connectivity index (χ0v) is 21.9. The number of aromatic nitrogens is 1. The Morgan fingerprint density at radius 3 is 2.55 bits per heavy atom. The number of hydrogen-bond donors (Lipinski definition) is 0. The summed E-state index contributed by atoms with van der Waals surface area (Å²) in [6, 6.07) is 0. The van der Waals surface area contributed by atoms with Crippen molar-refractivity contribution < 1.29 is 14.3 Å². The minimum Gasteiger partial charge on any atom is -0.371 e. The molecular formula is C26H43N3O3S. The number of hydrogen-bond acceptors (Lipinski definition) is 6. The Labute approximate surface area is 204 Å². The van der Waals surface area contributed by atoms with Gasteiger partial charge >= 0.3 is 0 Å². The minimum absolute atomic E-state index is 0.0554. The molecule has 0 unspecified atom stereocenters. The highest BCUT2D eigenvalue weighted by Crippen LogP contribution is 2.31. The van der Waals surface area contributed by atoms with Gasteiger partial charge in [-0.25, -0.2) is 4.98 Å². The van der Waals surface area contributed by atoms with Crippen LogP contribution in [0.5, 0.6) is 0 Å². The predicted molar refractivity (Wildman–Crippen MR) is 134 cm³/mol. The molecule has 2 fully saturated rings. The maximum atomic E-state index is 13.0. The molecule has 0 N–H and O–H groups in total. The number of amides is 1. The first-order valence-corrected chi connectivity index (χ1v) is 13.7. The molecule has 0 bridgehead atoms. The van der Waals surface area contributed by atoms with Crippen LogP contribution in [-0.2, 0) is 9.53 Å². The van der Waals surface area contributed by atoms with Crippen molar-refractivity contribution in [2.75, 3.05) is 39.3 Å². The van der Waals surface area contributed by atoms with Crippen LogP contribution in [0.15, 0.2) is 5.38 Å². The Balaban J connectivity index is 1.36. The number of nitrogens with zero attached hydrogens (tertiary/aromatic N) is 3. The number of unbranched alkanes of at least 4 members (excludes halogenated alkanes) is 4. The summed E-state index contributed by atoms with van der Waals surface area (Å²) < 4.78 is 6.26. The first-order valence-electron chi connectivity index (χ1n) is 12.8. The Morgan fingerprint density at radius 1 is 1.18 bits per heavy atom. The van der Waals surface area contributed by atoms with Gasteiger partial charge in [0.2, 0.25) is 0 Å². The monoisotopic (exact) mass is 477 g/mol. The lowest BCUT2D eigenvalue weighted by Gasteiger charge is -2.47. The number of rotatable bonds is 11. The molecule has 0 aliphatic carbocycles. The summed E-state index contributed by atoms with van der Waals surface area (Å²) in [6.45, 7) is 13.5. The maximum Gasteiger partial charge on any atom is 0.273 e. The second kappa shape index (κ2) is 11.9. The number of carbonyl (C=O) groups is 2. The van der Waals surface area contributed by atoms with Crippen molar-refractivity contribution in [3.63, 3.8) is 0 Å². The van der Waals surface area contributed by atoms with Crippen LogP contribution in [0.4, 0.5) is 0 Å². The summed E-state index contributed by atoms with van der Waals surface area (Å²) in [5, 5.41) is 2.94. The molecule has 1 aromatic heterocycles. The topological polar surface area (TPSA) is 62.7 Å². The number of thiazole rings is 1. The van der Waals surface area contributed by atoms with Gasteiger partial charge in [0.15, 0.2) is 0 Å². The largest absolute Gasteiger partial charge is 0.371 e. The van der Waals surface area contributed by atoms with Gasteiger partial charge in [-0.1, -0.05) is 53.4 Å². The Kier molecular flexibility index (Phi) is 9.48. The fourth-order valence-electron chi connectivity index (χ4n) is 4.82. The van der Waals surface area contributed by atoms with Crippen molar-refractivity contribution in [1.82, 2.24) is 14.8 Å². The predicted octanol–water partition coefficient (Wildman–Crippen LogP) is 5.14. The second-order valence-corrected chi connectivity index (χ2v) is 11.8. The van der Waals surface area contributed by atoms with E-state index in [-0.39, 0.29) is 16.9 Å².